The number of amides is 1. The van der Waals surface area contributed by atoms with Gasteiger partial charge in [0.2, 0.25) is 15.9 Å². The molecule has 22 heavy (non-hydrogen) atoms. The Morgan fingerprint density at radius 1 is 1.41 bits per heavy atom. The average Bonchev–Trinajstić information content (AvgIpc) is 3.05. The van der Waals surface area contributed by atoms with Crippen molar-refractivity contribution in [2.24, 2.45) is 0 Å². The molecule has 2 aliphatic heterocycles. The summed E-state index contributed by atoms with van der Waals surface area (Å²) in [7, 11) is -3.61. The third-order valence-corrected chi connectivity index (χ3v) is 5.74. The number of benzene rings is 1. The summed E-state index contributed by atoms with van der Waals surface area (Å²) in [6.07, 6.45) is 1.79. The van der Waals surface area contributed by atoms with E-state index < -0.39 is 15.4 Å². The fraction of sp³-hybridized carbons (Fsp3) is 0.533. The molecule has 7 heteroatoms. The van der Waals surface area contributed by atoms with E-state index in [0.29, 0.717) is 17.9 Å². The predicted molar refractivity (Wildman–Crippen MR) is 82.3 cm³/mol. The maximum Gasteiger partial charge on any atom is 0.240 e. The van der Waals surface area contributed by atoms with Crippen LogP contribution in [-0.2, 0) is 25.0 Å². The monoisotopic (exact) mass is 324 g/mol. The topological polar surface area (TPSA) is 84.5 Å². The van der Waals surface area contributed by atoms with Crippen molar-refractivity contribution in [1.29, 1.82) is 0 Å². The second-order valence-electron chi connectivity index (χ2n) is 6.27. The Bertz CT molecular complexity index is 706. The van der Waals surface area contributed by atoms with Gasteiger partial charge < -0.3 is 10.1 Å². The highest BCUT2D eigenvalue weighted by molar-refractivity contribution is 7.89. The Hall–Kier alpha value is -1.44. The summed E-state index contributed by atoms with van der Waals surface area (Å²) < 4.78 is 32.8. The van der Waals surface area contributed by atoms with E-state index in [0.717, 1.165) is 12.8 Å². The van der Waals surface area contributed by atoms with Crippen molar-refractivity contribution in [3.05, 3.63) is 23.8 Å². The number of ether oxygens (including phenoxy) is 1. The predicted octanol–water partition coefficient (Wildman–Crippen LogP) is 1.37. The molecule has 3 rings (SSSR count). The van der Waals surface area contributed by atoms with Crippen molar-refractivity contribution in [1.82, 2.24) is 4.72 Å². The van der Waals surface area contributed by atoms with E-state index in [-0.39, 0.29) is 23.5 Å². The van der Waals surface area contributed by atoms with Crippen LogP contribution in [0.5, 0.6) is 0 Å². The summed E-state index contributed by atoms with van der Waals surface area (Å²) in [4.78, 5) is 12.1. The lowest BCUT2D eigenvalue weighted by Crippen LogP contribution is -2.32. The van der Waals surface area contributed by atoms with Crippen LogP contribution in [0.25, 0.3) is 0 Å². The Balaban J connectivity index is 1.83. The standard InChI is InChI=1S/C15H20N2O4S/c1-15(2)12-8-11(5-6-13(12)17-14(15)18)22(19,20)16-9-10-4-3-7-21-10/h5-6,8,10,16H,3-4,7,9H2,1-2H3,(H,17,18)/t10-/m0/s1. The van der Waals surface area contributed by atoms with Gasteiger partial charge in [0.25, 0.3) is 0 Å². The van der Waals surface area contributed by atoms with Crippen LogP contribution in [0.2, 0.25) is 0 Å². The molecule has 0 unspecified atom stereocenters. The lowest BCUT2D eigenvalue weighted by molar-refractivity contribution is -0.119. The number of nitrogens with one attached hydrogen (secondary N) is 2. The van der Waals surface area contributed by atoms with Crippen molar-refractivity contribution in [2.45, 2.75) is 43.1 Å². The lowest BCUT2D eigenvalue weighted by atomic mass is 9.86. The van der Waals surface area contributed by atoms with Crippen LogP contribution >= 0.6 is 0 Å². The van der Waals surface area contributed by atoms with Gasteiger partial charge in [0.1, 0.15) is 0 Å². The minimum absolute atomic E-state index is 0.0520. The number of hydrogen-bond donors (Lipinski definition) is 2. The van der Waals surface area contributed by atoms with Crippen molar-refractivity contribution >= 4 is 21.6 Å². The lowest BCUT2D eigenvalue weighted by Gasteiger charge is -2.16. The van der Waals surface area contributed by atoms with Gasteiger partial charge in [0, 0.05) is 18.8 Å². The number of fused-ring (bicyclic) bond motifs is 1. The quantitative estimate of drug-likeness (QED) is 0.876. The molecule has 2 N–H and O–H groups in total. The van der Waals surface area contributed by atoms with E-state index in [1.807, 2.05) is 0 Å². The molecule has 1 aromatic carbocycles. The third kappa shape index (κ3) is 2.64. The summed E-state index contributed by atoms with van der Waals surface area (Å²) in [6, 6.07) is 4.73. The second kappa shape index (κ2) is 5.33. The fourth-order valence-corrected chi connectivity index (χ4v) is 3.90. The third-order valence-electron chi connectivity index (χ3n) is 4.32. The van der Waals surface area contributed by atoms with Gasteiger partial charge in [-0.1, -0.05) is 0 Å². The SMILES string of the molecule is CC1(C)C(=O)Nc2ccc(S(=O)(=O)NC[C@@H]3CCCO3)cc21. The van der Waals surface area contributed by atoms with Crippen molar-refractivity contribution in [3.63, 3.8) is 0 Å². The van der Waals surface area contributed by atoms with Crippen LogP contribution in [0.3, 0.4) is 0 Å². The van der Waals surface area contributed by atoms with Gasteiger partial charge in [-0.2, -0.15) is 0 Å². The second-order valence-corrected chi connectivity index (χ2v) is 8.04. The zero-order valence-electron chi connectivity index (χ0n) is 12.7. The maximum atomic E-state index is 12.4. The molecule has 0 radical (unpaired) electrons. The van der Waals surface area contributed by atoms with Crippen molar-refractivity contribution < 1.29 is 17.9 Å². The van der Waals surface area contributed by atoms with Crippen molar-refractivity contribution in [2.75, 3.05) is 18.5 Å². The molecule has 0 spiro atoms. The number of hydrogen-bond acceptors (Lipinski definition) is 4. The molecule has 2 heterocycles. The largest absolute Gasteiger partial charge is 0.377 e. The molecule has 0 aliphatic carbocycles. The Kier molecular flexibility index (Phi) is 3.74. The van der Waals surface area contributed by atoms with Crippen LogP contribution < -0.4 is 10.0 Å². The first kappa shape index (κ1) is 15.5. The minimum atomic E-state index is -3.61. The van der Waals surface area contributed by atoms with E-state index in [9.17, 15) is 13.2 Å². The molecule has 6 nitrogen and oxygen atoms in total. The van der Waals surface area contributed by atoms with Crippen molar-refractivity contribution in [3.8, 4) is 0 Å². The van der Waals surface area contributed by atoms with Gasteiger partial charge in [-0.3, -0.25) is 4.79 Å². The first-order valence-corrected chi connectivity index (χ1v) is 8.86. The zero-order chi connectivity index (χ0) is 16.0. The molecule has 0 bridgehead atoms. The molecular weight excluding hydrogens is 304 g/mol. The molecular formula is C15H20N2O4S. The van der Waals surface area contributed by atoms with Gasteiger partial charge in [0.15, 0.2) is 0 Å². The fourth-order valence-electron chi connectivity index (χ4n) is 2.81. The summed E-state index contributed by atoms with van der Waals surface area (Å²) in [5, 5.41) is 2.77. The molecule has 0 aromatic heterocycles. The van der Waals surface area contributed by atoms with Crippen LogP contribution in [-0.4, -0.2) is 33.6 Å². The van der Waals surface area contributed by atoms with E-state index in [4.69, 9.17) is 4.74 Å². The number of anilines is 1. The minimum Gasteiger partial charge on any atom is -0.377 e. The van der Waals surface area contributed by atoms with E-state index in [1.54, 1.807) is 26.0 Å². The maximum absolute atomic E-state index is 12.4. The highest BCUT2D eigenvalue weighted by atomic mass is 32.2. The molecule has 0 saturated carbocycles. The number of rotatable bonds is 4. The molecule has 2 aliphatic rings. The Labute approximate surface area is 130 Å². The summed E-state index contributed by atoms with van der Waals surface area (Å²) in [5.41, 5.74) is 0.653. The molecule has 1 atom stereocenters. The Morgan fingerprint density at radius 2 is 2.18 bits per heavy atom. The van der Waals surface area contributed by atoms with Crippen LogP contribution in [0.1, 0.15) is 32.3 Å². The van der Waals surface area contributed by atoms with Gasteiger partial charge in [-0.25, -0.2) is 13.1 Å². The zero-order valence-corrected chi connectivity index (χ0v) is 13.5. The number of carbonyl (C=O) groups excluding carboxylic acids is 1. The number of sulfonamides is 1. The molecule has 1 fully saturated rings. The molecule has 1 aromatic rings. The van der Waals surface area contributed by atoms with E-state index >= 15 is 0 Å². The first-order chi connectivity index (χ1) is 10.3. The van der Waals surface area contributed by atoms with E-state index in [2.05, 4.69) is 10.0 Å². The van der Waals surface area contributed by atoms with Crippen LogP contribution in [0, 0.1) is 0 Å². The molecule has 1 saturated heterocycles. The summed E-state index contributed by atoms with van der Waals surface area (Å²) >= 11 is 0. The highest BCUT2D eigenvalue weighted by Gasteiger charge is 2.39. The number of carbonyl (C=O) groups is 1. The van der Waals surface area contributed by atoms with Gasteiger partial charge in [0.05, 0.1) is 16.4 Å². The normalized spacial score (nSPS) is 23.4. The van der Waals surface area contributed by atoms with Crippen LogP contribution in [0.4, 0.5) is 5.69 Å². The highest BCUT2D eigenvalue weighted by Crippen LogP contribution is 2.38. The smallest absolute Gasteiger partial charge is 0.240 e. The molecule has 120 valence electrons. The average molecular weight is 324 g/mol. The molecule has 1 amide bonds. The van der Waals surface area contributed by atoms with Gasteiger partial charge >= 0.3 is 0 Å². The summed E-state index contributed by atoms with van der Waals surface area (Å²) in [5.74, 6) is -0.121. The summed E-state index contributed by atoms with van der Waals surface area (Å²) in [6.45, 7) is 4.53. The van der Waals surface area contributed by atoms with Gasteiger partial charge in [-0.05, 0) is 50.5 Å². The van der Waals surface area contributed by atoms with Gasteiger partial charge in [-0.15, -0.1) is 0 Å². The Morgan fingerprint density at radius 3 is 2.86 bits per heavy atom. The van der Waals surface area contributed by atoms with E-state index in [1.165, 1.54) is 6.07 Å². The first-order valence-electron chi connectivity index (χ1n) is 7.38. The van der Waals surface area contributed by atoms with Crippen LogP contribution in [0.15, 0.2) is 23.1 Å².